The lowest BCUT2D eigenvalue weighted by atomic mass is 10.3. The van der Waals surface area contributed by atoms with Crippen molar-refractivity contribution in [2.24, 2.45) is 0 Å². The largest absolute Gasteiger partial charge is 0.309 e. The molecule has 0 fully saturated rings. The number of fused-ring (bicyclic) bond motifs is 1. The minimum absolute atomic E-state index is 0. The number of benzene rings is 1. The van der Waals surface area contributed by atoms with Gasteiger partial charge >= 0.3 is 0 Å². The van der Waals surface area contributed by atoms with Gasteiger partial charge in [0.15, 0.2) is 10.9 Å². The van der Waals surface area contributed by atoms with Crippen LogP contribution in [0.1, 0.15) is 16.8 Å². The van der Waals surface area contributed by atoms with Crippen molar-refractivity contribution in [3.05, 3.63) is 44.1 Å². The van der Waals surface area contributed by atoms with Gasteiger partial charge < -0.3 is 4.90 Å². The first kappa shape index (κ1) is 23.3. The minimum Gasteiger partial charge on any atom is -0.309 e. The lowest BCUT2D eigenvalue weighted by Crippen LogP contribution is -2.33. The third-order valence-electron chi connectivity index (χ3n) is 3.75. The summed E-state index contributed by atoms with van der Waals surface area (Å²) in [5.74, 6) is -1.82. The predicted molar refractivity (Wildman–Crippen MR) is 116 cm³/mol. The van der Waals surface area contributed by atoms with Crippen molar-refractivity contribution in [2.75, 3.05) is 32.1 Å². The van der Waals surface area contributed by atoms with Crippen LogP contribution >= 0.6 is 58.3 Å². The van der Waals surface area contributed by atoms with Crippen LogP contribution in [-0.2, 0) is 0 Å². The van der Waals surface area contributed by atoms with Gasteiger partial charge in [0.2, 0.25) is 0 Å². The summed E-state index contributed by atoms with van der Waals surface area (Å²) >= 11 is 14.2. The van der Waals surface area contributed by atoms with E-state index < -0.39 is 11.6 Å². The molecule has 28 heavy (non-hydrogen) atoms. The van der Waals surface area contributed by atoms with Gasteiger partial charge in [0, 0.05) is 12.6 Å². The number of rotatable bonds is 6. The van der Waals surface area contributed by atoms with Gasteiger partial charge in [-0.05, 0) is 39.2 Å². The molecule has 11 heteroatoms. The van der Waals surface area contributed by atoms with Gasteiger partial charge in [-0.15, -0.1) is 23.7 Å². The number of halogens is 5. The molecule has 0 aliphatic heterocycles. The predicted octanol–water partition coefficient (Wildman–Crippen LogP) is 5.96. The maximum atomic E-state index is 14.0. The molecule has 3 rings (SSSR count). The molecule has 1 amide bonds. The summed E-state index contributed by atoms with van der Waals surface area (Å²) in [7, 11) is 3.86. The van der Waals surface area contributed by atoms with Crippen molar-refractivity contribution in [2.45, 2.75) is 6.42 Å². The summed E-state index contributed by atoms with van der Waals surface area (Å²) in [6, 6.07) is 3.49. The maximum absolute atomic E-state index is 14.0. The van der Waals surface area contributed by atoms with E-state index in [0.717, 1.165) is 35.3 Å². The third-order valence-corrected chi connectivity index (χ3v) is 6.27. The molecule has 0 spiro atoms. The molecule has 0 unspecified atom stereocenters. The number of nitrogens with zero attached hydrogens (tertiary/aromatic N) is 3. The lowest BCUT2D eigenvalue weighted by molar-refractivity contribution is 0.0986. The number of carbonyl (C=O) groups excluding carboxylic acids is 1. The second-order valence-electron chi connectivity index (χ2n) is 6.08. The fourth-order valence-electron chi connectivity index (χ4n) is 2.52. The molecule has 0 aliphatic carbocycles. The Morgan fingerprint density at radius 2 is 1.86 bits per heavy atom. The van der Waals surface area contributed by atoms with Crippen LogP contribution in [0.15, 0.2) is 18.2 Å². The zero-order chi connectivity index (χ0) is 19.7. The van der Waals surface area contributed by atoms with Crippen LogP contribution in [0.4, 0.5) is 13.9 Å². The van der Waals surface area contributed by atoms with E-state index in [1.54, 1.807) is 0 Å². The Morgan fingerprint density at radius 1 is 1.14 bits per heavy atom. The summed E-state index contributed by atoms with van der Waals surface area (Å²) < 4.78 is 28.5. The zero-order valence-electron chi connectivity index (χ0n) is 14.8. The summed E-state index contributed by atoms with van der Waals surface area (Å²) in [5.41, 5.74) is 0.304. The first-order chi connectivity index (χ1) is 12.8. The van der Waals surface area contributed by atoms with E-state index in [4.69, 9.17) is 23.2 Å². The number of amides is 1. The molecular formula is C17H16Cl3F2N3OS2. The molecule has 0 atom stereocenters. The van der Waals surface area contributed by atoms with Gasteiger partial charge in [-0.3, -0.25) is 9.69 Å². The van der Waals surface area contributed by atoms with Crippen LogP contribution in [0, 0.1) is 11.6 Å². The zero-order valence-corrected chi connectivity index (χ0v) is 18.8. The third kappa shape index (κ3) is 5.11. The molecule has 2 heterocycles. The van der Waals surface area contributed by atoms with Gasteiger partial charge in [-0.2, -0.15) is 0 Å². The molecule has 152 valence electrons. The first-order valence-electron chi connectivity index (χ1n) is 7.93. The molecule has 1 aromatic carbocycles. The highest BCUT2D eigenvalue weighted by Crippen LogP contribution is 2.35. The summed E-state index contributed by atoms with van der Waals surface area (Å²) in [6.07, 6.45) is 0.668. The highest BCUT2D eigenvalue weighted by Gasteiger charge is 2.25. The Hall–Kier alpha value is -1.03. The van der Waals surface area contributed by atoms with Crippen LogP contribution in [0.2, 0.25) is 8.67 Å². The average Bonchev–Trinajstić information content (AvgIpc) is 3.13. The maximum Gasteiger partial charge on any atom is 0.262 e. The second-order valence-corrected chi connectivity index (χ2v) is 9.38. The van der Waals surface area contributed by atoms with Crippen LogP contribution in [0.3, 0.4) is 0 Å². The highest BCUT2D eigenvalue weighted by atomic mass is 35.5. The van der Waals surface area contributed by atoms with E-state index in [1.807, 2.05) is 19.0 Å². The Bertz CT molecular complexity index is 994. The fourth-order valence-corrected chi connectivity index (χ4v) is 5.00. The molecule has 0 bridgehead atoms. The topological polar surface area (TPSA) is 36.4 Å². The van der Waals surface area contributed by atoms with E-state index in [1.165, 1.54) is 17.0 Å². The Labute approximate surface area is 185 Å². The molecule has 3 aromatic rings. The van der Waals surface area contributed by atoms with Crippen LogP contribution in [-0.4, -0.2) is 43.0 Å². The van der Waals surface area contributed by atoms with Gasteiger partial charge in [-0.25, -0.2) is 13.8 Å². The monoisotopic (exact) mass is 485 g/mol. The molecule has 0 saturated heterocycles. The molecule has 4 nitrogen and oxygen atoms in total. The van der Waals surface area contributed by atoms with Gasteiger partial charge in [0.1, 0.15) is 15.7 Å². The Kier molecular flexibility index (Phi) is 8.01. The van der Waals surface area contributed by atoms with E-state index in [0.29, 0.717) is 22.0 Å². The molecule has 0 radical (unpaired) electrons. The number of anilines is 1. The fraction of sp³-hybridized carbons (Fsp3) is 0.294. The number of thiophene rings is 1. The Balaban J connectivity index is 0.00000280. The first-order valence-corrected chi connectivity index (χ1v) is 10.3. The smallest absolute Gasteiger partial charge is 0.262 e. The van der Waals surface area contributed by atoms with E-state index in [-0.39, 0.29) is 38.9 Å². The normalized spacial score (nSPS) is 11.1. The van der Waals surface area contributed by atoms with Crippen LogP contribution in [0.5, 0.6) is 0 Å². The summed E-state index contributed by atoms with van der Waals surface area (Å²) in [4.78, 5) is 20.7. The van der Waals surface area contributed by atoms with Crippen molar-refractivity contribution in [1.29, 1.82) is 0 Å². The van der Waals surface area contributed by atoms with Gasteiger partial charge in [0.25, 0.3) is 5.91 Å². The molecule has 0 saturated carbocycles. The van der Waals surface area contributed by atoms with Crippen molar-refractivity contribution < 1.29 is 13.6 Å². The summed E-state index contributed by atoms with van der Waals surface area (Å²) in [6.45, 7) is 1.10. The molecule has 0 N–H and O–H groups in total. The van der Waals surface area contributed by atoms with E-state index >= 15 is 0 Å². The van der Waals surface area contributed by atoms with Gasteiger partial charge in [0.05, 0.1) is 14.6 Å². The quantitative estimate of drug-likeness (QED) is 0.431. The number of hydrogen-bond donors (Lipinski definition) is 0. The SMILES string of the molecule is CN(C)CCCN(C(=O)c1cc(Cl)sc1Cl)c1nc2c(F)cc(F)cc2s1.Cl. The number of carbonyl (C=O) groups is 1. The highest BCUT2D eigenvalue weighted by molar-refractivity contribution is 7.22. The average molecular weight is 487 g/mol. The van der Waals surface area contributed by atoms with Crippen LogP contribution < -0.4 is 4.90 Å². The van der Waals surface area contributed by atoms with E-state index in [2.05, 4.69) is 4.98 Å². The standard InChI is InChI=1S/C17H15Cl2F2N3OS2.ClH/c1-23(2)4-3-5-24(16(25)10-8-13(18)27-15(10)19)17-22-14-11(21)6-9(20)7-12(14)26-17;/h6-8H,3-5H2,1-2H3;1H. The molecule has 0 aliphatic rings. The second kappa shape index (κ2) is 9.65. The number of aromatic nitrogens is 1. The number of thiazole rings is 1. The van der Waals surface area contributed by atoms with Gasteiger partial charge in [-0.1, -0.05) is 34.5 Å². The van der Waals surface area contributed by atoms with Crippen molar-refractivity contribution in [3.8, 4) is 0 Å². The van der Waals surface area contributed by atoms with Crippen molar-refractivity contribution in [3.63, 3.8) is 0 Å². The van der Waals surface area contributed by atoms with Crippen molar-refractivity contribution >= 4 is 79.5 Å². The Morgan fingerprint density at radius 3 is 2.46 bits per heavy atom. The molecule has 2 aromatic heterocycles. The van der Waals surface area contributed by atoms with Crippen LogP contribution in [0.25, 0.3) is 10.2 Å². The minimum atomic E-state index is -0.759. The number of hydrogen-bond acceptors (Lipinski definition) is 5. The lowest BCUT2D eigenvalue weighted by Gasteiger charge is -2.20. The molecular weight excluding hydrogens is 471 g/mol. The summed E-state index contributed by atoms with van der Waals surface area (Å²) in [5, 5.41) is 0.289. The van der Waals surface area contributed by atoms with Crippen molar-refractivity contribution in [1.82, 2.24) is 9.88 Å². The van der Waals surface area contributed by atoms with E-state index in [9.17, 15) is 13.6 Å².